The van der Waals surface area contributed by atoms with Crippen molar-refractivity contribution >= 4 is 22.6 Å². The summed E-state index contributed by atoms with van der Waals surface area (Å²) in [6, 6.07) is 4.41. The zero-order valence-electron chi connectivity index (χ0n) is 12.5. The van der Waals surface area contributed by atoms with Gasteiger partial charge in [0.25, 0.3) is 0 Å². The molecule has 0 radical (unpaired) electrons. The van der Waals surface area contributed by atoms with E-state index >= 15 is 0 Å². The summed E-state index contributed by atoms with van der Waals surface area (Å²) in [5.41, 5.74) is 1.70. The SMILES string of the molecule is CCOC(=O)c1cnc2cc(F)ccc2c1N(CC)CC. The molecule has 112 valence electrons. The number of carbonyl (C=O) groups is 1. The molecule has 1 aromatic heterocycles. The van der Waals surface area contributed by atoms with Crippen LogP contribution >= 0.6 is 0 Å². The second kappa shape index (κ2) is 6.52. The molecule has 0 saturated heterocycles. The molecule has 21 heavy (non-hydrogen) atoms. The molecular formula is C16H19FN2O2. The number of rotatable bonds is 5. The molecule has 0 aliphatic rings. The molecule has 5 heteroatoms. The highest BCUT2D eigenvalue weighted by molar-refractivity contribution is 6.05. The van der Waals surface area contributed by atoms with Crippen LogP contribution in [0.25, 0.3) is 10.9 Å². The van der Waals surface area contributed by atoms with Crippen LogP contribution in [0.3, 0.4) is 0 Å². The number of benzene rings is 1. The van der Waals surface area contributed by atoms with E-state index in [0.29, 0.717) is 17.7 Å². The van der Waals surface area contributed by atoms with Gasteiger partial charge >= 0.3 is 5.97 Å². The van der Waals surface area contributed by atoms with Crippen molar-refractivity contribution in [2.24, 2.45) is 0 Å². The van der Waals surface area contributed by atoms with Crippen LogP contribution in [-0.4, -0.2) is 30.6 Å². The number of hydrogen-bond donors (Lipinski definition) is 0. The maximum Gasteiger partial charge on any atom is 0.341 e. The highest BCUT2D eigenvalue weighted by Gasteiger charge is 2.20. The van der Waals surface area contributed by atoms with Crippen LogP contribution in [0.4, 0.5) is 10.1 Å². The van der Waals surface area contributed by atoms with E-state index in [4.69, 9.17) is 4.74 Å². The van der Waals surface area contributed by atoms with E-state index in [1.165, 1.54) is 18.3 Å². The number of esters is 1. The fourth-order valence-electron chi connectivity index (χ4n) is 2.39. The maximum atomic E-state index is 13.4. The lowest BCUT2D eigenvalue weighted by Gasteiger charge is -2.25. The van der Waals surface area contributed by atoms with Crippen LogP contribution in [0.5, 0.6) is 0 Å². The fraction of sp³-hybridized carbons (Fsp3) is 0.375. The average Bonchev–Trinajstić information content (AvgIpc) is 2.48. The van der Waals surface area contributed by atoms with Crippen molar-refractivity contribution in [3.63, 3.8) is 0 Å². The molecule has 0 saturated carbocycles. The first kappa shape index (κ1) is 15.2. The minimum Gasteiger partial charge on any atom is -0.462 e. The van der Waals surface area contributed by atoms with Crippen molar-refractivity contribution in [3.8, 4) is 0 Å². The smallest absolute Gasteiger partial charge is 0.341 e. The highest BCUT2D eigenvalue weighted by atomic mass is 19.1. The summed E-state index contributed by atoms with van der Waals surface area (Å²) < 4.78 is 18.5. The molecule has 1 aromatic carbocycles. The van der Waals surface area contributed by atoms with Crippen molar-refractivity contribution in [2.45, 2.75) is 20.8 Å². The van der Waals surface area contributed by atoms with Crippen LogP contribution in [0.2, 0.25) is 0 Å². The normalized spacial score (nSPS) is 10.7. The van der Waals surface area contributed by atoms with Crippen molar-refractivity contribution in [2.75, 3.05) is 24.6 Å². The molecule has 2 aromatic rings. The lowest BCUT2D eigenvalue weighted by atomic mass is 10.1. The average molecular weight is 290 g/mol. The van der Waals surface area contributed by atoms with Gasteiger partial charge in [-0.05, 0) is 32.9 Å². The molecule has 2 rings (SSSR count). The van der Waals surface area contributed by atoms with Gasteiger partial charge in [-0.15, -0.1) is 0 Å². The van der Waals surface area contributed by atoms with E-state index in [0.717, 1.165) is 24.2 Å². The molecule has 4 nitrogen and oxygen atoms in total. The summed E-state index contributed by atoms with van der Waals surface area (Å²) in [5.74, 6) is -0.748. The molecule has 0 atom stereocenters. The molecular weight excluding hydrogens is 271 g/mol. The first-order chi connectivity index (χ1) is 10.1. The summed E-state index contributed by atoms with van der Waals surface area (Å²) >= 11 is 0. The van der Waals surface area contributed by atoms with E-state index < -0.39 is 5.97 Å². The van der Waals surface area contributed by atoms with Crippen LogP contribution in [0, 0.1) is 5.82 Å². The maximum absolute atomic E-state index is 13.4. The predicted octanol–water partition coefficient (Wildman–Crippen LogP) is 3.40. The Balaban J connectivity index is 2.70. The highest BCUT2D eigenvalue weighted by Crippen LogP contribution is 2.30. The summed E-state index contributed by atoms with van der Waals surface area (Å²) in [7, 11) is 0. The number of anilines is 1. The zero-order chi connectivity index (χ0) is 15.4. The van der Waals surface area contributed by atoms with E-state index in [2.05, 4.69) is 4.98 Å². The van der Waals surface area contributed by atoms with Crippen molar-refractivity contribution in [3.05, 3.63) is 35.8 Å². The number of halogens is 1. The Morgan fingerprint density at radius 2 is 2.00 bits per heavy atom. The largest absolute Gasteiger partial charge is 0.462 e. The predicted molar refractivity (Wildman–Crippen MR) is 81.2 cm³/mol. The molecule has 0 N–H and O–H groups in total. The van der Waals surface area contributed by atoms with Crippen LogP contribution < -0.4 is 4.90 Å². The summed E-state index contributed by atoms with van der Waals surface area (Å²) in [6.07, 6.45) is 1.47. The minimum atomic E-state index is -0.405. The van der Waals surface area contributed by atoms with Crippen molar-refractivity contribution < 1.29 is 13.9 Å². The Labute approximate surface area is 123 Å². The Morgan fingerprint density at radius 3 is 2.62 bits per heavy atom. The van der Waals surface area contributed by atoms with Gasteiger partial charge in [-0.2, -0.15) is 0 Å². The third-order valence-corrected chi connectivity index (χ3v) is 3.38. The lowest BCUT2D eigenvalue weighted by molar-refractivity contribution is 0.0527. The molecule has 0 bridgehead atoms. The second-order valence-electron chi connectivity index (χ2n) is 4.57. The van der Waals surface area contributed by atoms with E-state index in [9.17, 15) is 9.18 Å². The summed E-state index contributed by atoms with van der Waals surface area (Å²) in [5, 5.41) is 0.755. The molecule has 0 spiro atoms. The second-order valence-corrected chi connectivity index (χ2v) is 4.57. The Kier molecular flexibility index (Phi) is 4.73. The number of aromatic nitrogens is 1. The van der Waals surface area contributed by atoms with E-state index in [-0.39, 0.29) is 5.82 Å². The van der Waals surface area contributed by atoms with Crippen molar-refractivity contribution in [1.82, 2.24) is 4.98 Å². The van der Waals surface area contributed by atoms with Crippen molar-refractivity contribution in [1.29, 1.82) is 0 Å². The topological polar surface area (TPSA) is 42.4 Å². The first-order valence-electron chi connectivity index (χ1n) is 7.12. The number of pyridine rings is 1. The summed E-state index contributed by atoms with van der Waals surface area (Å²) in [4.78, 5) is 18.4. The number of carbonyl (C=O) groups excluding carboxylic acids is 1. The number of fused-ring (bicyclic) bond motifs is 1. The number of hydrogen-bond acceptors (Lipinski definition) is 4. The minimum absolute atomic E-state index is 0.304. The summed E-state index contributed by atoms with van der Waals surface area (Å²) in [6.45, 7) is 7.55. The Bertz CT molecular complexity index is 654. The van der Waals surface area contributed by atoms with Crippen LogP contribution in [-0.2, 0) is 4.74 Å². The molecule has 0 fully saturated rings. The third kappa shape index (κ3) is 2.96. The molecule has 1 heterocycles. The van der Waals surface area contributed by atoms with E-state index in [1.54, 1.807) is 13.0 Å². The third-order valence-electron chi connectivity index (χ3n) is 3.38. The number of ether oxygens (including phenoxy) is 1. The van der Waals surface area contributed by atoms with Gasteiger partial charge in [-0.1, -0.05) is 0 Å². The molecule has 0 aliphatic heterocycles. The van der Waals surface area contributed by atoms with Crippen LogP contribution in [0.1, 0.15) is 31.1 Å². The van der Waals surface area contributed by atoms with Gasteiger partial charge in [0.2, 0.25) is 0 Å². The molecule has 0 unspecified atom stereocenters. The van der Waals surface area contributed by atoms with Gasteiger partial charge in [-0.3, -0.25) is 4.98 Å². The van der Waals surface area contributed by atoms with Gasteiger partial charge < -0.3 is 9.64 Å². The lowest BCUT2D eigenvalue weighted by Crippen LogP contribution is -2.25. The Morgan fingerprint density at radius 1 is 1.29 bits per heavy atom. The molecule has 0 aliphatic carbocycles. The van der Waals surface area contributed by atoms with Gasteiger partial charge in [0.1, 0.15) is 11.4 Å². The fourth-order valence-corrected chi connectivity index (χ4v) is 2.39. The van der Waals surface area contributed by atoms with Gasteiger partial charge in [0, 0.05) is 30.7 Å². The van der Waals surface area contributed by atoms with Gasteiger partial charge in [0.15, 0.2) is 0 Å². The van der Waals surface area contributed by atoms with Crippen LogP contribution in [0.15, 0.2) is 24.4 Å². The zero-order valence-corrected chi connectivity index (χ0v) is 12.5. The first-order valence-corrected chi connectivity index (χ1v) is 7.12. The Hall–Kier alpha value is -2.17. The van der Waals surface area contributed by atoms with Gasteiger partial charge in [-0.25, -0.2) is 9.18 Å². The van der Waals surface area contributed by atoms with Gasteiger partial charge in [0.05, 0.1) is 17.8 Å². The van der Waals surface area contributed by atoms with E-state index in [1.807, 2.05) is 18.7 Å². The monoisotopic (exact) mass is 290 g/mol. The standard InChI is InChI=1S/C16H19FN2O2/c1-4-19(5-2)15-12-8-7-11(17)9-14(12)18-10-13(15)16(20)21-6-3/h7-10H,4-6H2,1-3H3. The number of nitrogens with zero attached hydrogens (tertiary/aromatic N) is 2. The molecule has 0 amide bonds. The quantitative estimate of drug-likeness (QED) is 0.792.